The van der Waals surface area contributed by atoms with Crippen LogP contribution in [0.25, 0.3) is 0 Å². The van der Waals surface area contributed by atoms with Crippen molar-refractivity contribution in [1.82, 2.24) is 5.32 Å². The van der Waals surface area contributed by atoms with Crippen LogP contribution in [0.2, 0.25) is 0 Å². The summed E-state index contributed by atoms with van der Waals surface area (Å²) in [5.41, 5.74) is 0.810. The Bertz CT molecular complexity index is 341. The van der Waals surface area contributed by atoms with E-state index in [-0.39, 0.29) is 5.82 Å². The Labute approximate surface area is 112 Å². The zero-order valence-electron chi connectivity index (χ0n) is 10.6. The molecule has 1 nitrogen and oxygen atoms in total. The van der Waals surface area contributed by atoms with Crippen molar-refractivity contribution in [2.24, 2.45) is 5.92 Å². The fraction of sp³-hybridized carbons (Fsp3) is 0.571. The lowest BCUT2D eigenvalue weighted by molar-refractivity contribution is 0.451. The quantitative estimate of drug-likeness (QED) is 0.746. The molecular formula is C14H21BrFN. The van der Waals surface area contributed by atoms with Gasteiger partial charge >= 0.3 is 0 Å². The van der Waals surface area contributed by atoms with Gasteiger partial charge < -0.3 is 5.32 Å². The van der Waals surface area contributed by atoms with Gasteiger partial charge in [-0.15, -0.1) is 0 Å². The molecule has 0 aliphatic rings. The summed E-state index contributed by atoms with van der Waals surface area (Å²) < 4.78 is 14.6. The molecule has 1 aromatic carbocycles. The highest BCUT2D eigenvalue weighted by atomic mass is 79.9. The van der Waals surface area contributed by atoms with Crippen LogP contribution in [0.5, 0.6) is 0 Å². The van der Waals surface area contributed by atoms with Crippen molar-refractivity contribution in [2.45, 2.75) is 33.1 Å². The highest BCUT2D eigenvalue weighted by Crippen LogP contribution is 2.19. The number of benzene rings is 1. The summed E-state index contributed by atoms with van der Waals surface area (Å²) in [4.78, 5) is 0. The molecule has 1 rings (SSSR count). The molecule has 1 atom stereocenters. The zero-order valence-corrected chi connectivity index (χ0v) is 12.2. The predicted molar refractivity (Wildman–Crippen MR) is 74.7 cm³/mol. The molecule has 0 aromatic heterocycles. The molecule has 0 bridgehead atoms. The zero-order chi connectivity index (χ0) is 12.7. The first kappa shape index (κ1) is 14.7. The second-order valence-corrected chi connectivity index (χ2v) is 5.33. The smallest absolute Gasteiger partial charge is 0.126 e. The SMILES string of the molecule is CCCNCC(CC)Cc1cc(Br)ccc1F. The topological polar surface area (TPSA) is 12.0 Å². The van der Waals surface area contributed by atoms with Gasteiger partial charge in [-0.25, -0.2) is 4.39 Å². The Hall–Kier alpha value is -0.410. The second kappa shape index (κ2) is 7.83. The minimum absolute atomic E-state index is 0.0952. The maximum absolute atomic E-state index is 13.6. The lowest BCUT2D eigenvalue weighted by Gasteiger charge is -2.16. The van der Waals surface area contributed by atoms with Crippen LogP contribution in [0.1, 0.15) is 32.3 Å². The van der Waals surface area contributed by atoms with Gasteiger partial charge in [0.25, 0.3) is 0 Å². The molecule has 96 valence electrons. The van der Waals surface area contributed by atoms with Gasteiger partial charge in [-0.3, -0.25) is 0 Å². The van der Waals surface area contributed by atoms with Crippen molar-refractivity contribution < 1.29 is 4.39 Å². The van der Waals surface area contributed by atoms with Gasteiger partial charge in [-0.1, -0.05) is 36.2 Å². The largest absolute Gasteiger partial charge is 0.316 e. The Kier molecular flexibility index (Phi) is 6.75. The number of nitrogens with one attached hydrogen (secondary N) is 1. The van der Waals surface area contributed by atoms with Crippen molar-refractivity contribution in [1.29, 1.82) is 0 Å². The van der Waals surface area contributed by atoms with Crippen LogP contribution < -0.4 is 5.32 Å². The van der Waals surface area contributed by atoms with E-state index >= 15 is 0 Å². The van der Waals surface area contributed by atoms with Crippen LogP contribution in [-0.4, -0.2) is 13.1 Å². The van der Waals surface area contributed by atoms with E-state index < -0.39 is 0 Å². The lowest BCUT2D eigenvalue weighted by atomic mass is 9.96. The van der Waals surface area contributed by atoms with Gasteiger partial charge in [0, 0.05) is 4.47 Å². The average Bonchev–Trinajstić information content (AvgIpc) is 2.32. The fourth-order valence-electron chi connectivity index (χ4n) is 1.85. The molecule has 0 heterocycles. The van der Waals surface area contributed by atoms with Crippen molar-refractivity contribution in [3.8, 4) is 0 Å². The molecule has 0 aliphatic carbocycles. The number of hydrogen-bond donors (Lipinski definition) is 1. The van der Waals surface area contributed by atoms with Gasteiger partial charge in [-0.05, 0) is 55.6 Å². The van der Waals surface area contributed by atoms with Gasteiger partial charge in [0.2, 0.25) is 0 Å². The molecule has 0 saturated heterocycles. The minimum Gasteiger partial charge on any atom is -0.316 e. The summed E-state index contributed by atoms with van der Waals surface area (Å²) >= 11 is 3.39. The molecule has 0 amide bonds. The highest BCUT2D eigenvalue weighted by Gasteiger charge is 2.10. The van der Waals surface area contributed by atoms with E-state index in [1.165, 1.54) is 6.07 Å². The van der Waals surface area contributed by atoms with Crippen LogP contribution in [0.4, 0.5) is 4.39 Å². The molecular weight excluding hydrogens is 281 g/mol. The first-order valence-corrected chi connectivity index (χ1v) is 7.11. The Morgan fingerprint density at radius 1 is 1.35 bits per heavy atom. The first-order chi connectivity index (χ1) is 8.17. The van der Waals surface area contributed by atoms with Crippen LogP contribution in [0, 0.1) is 11.7 Å². The Balaban J connectivity index is 2.57. The third-order valence-electron chi connectivity index (χ3n) is 2.95. The summed E-state index contributed by atoms with van der Waals surface area (Å²) in [5.74, 6) is 0.410. The predicted octanol–water partition coefficient (Wildman–Crippen LogP) is 4.16. The van der Waals surface area contributed by atoms with Crippen LogP contribution in [0.15, 0.2) is 22.7 Å². The van der Waals surface area contributed by atoms with Crippen LogP contribution >= 0.6 is 15.9 Å². The van der Waals surface area contributed by atoms with E-state index in [1.807, 2.05) is 6.07 Å². The van der Waals surface area contributed by atoms with Crippen LogP contribution in [0.3, 0.4) is 0 Å². The Morgan fingerprint density at radius 3 is 2.76 bits per heavy atom. The lowest BCUT2D eigenvalue weighted by Crippen LogP contribution is -2.24. The summed E-state index contributed by atoms with van der Waals surface area (Å²) in [7, 11) is 0. The summed E-state index contributed by atoms with van der Waals surface area (Å²) in [6.45, 7) is 6.32. The Morgan fingerprint density at radius 2 is 2.12 bits per heavy atom. The summed E-state index contributed by atoms with van der Waals surface area (Å²) in [6, 6.07) is 5.17. The van der Waals surface area contributed by atoms with Gasteiger partial charge in [0.15, 0.2) is 0 Å². The van der Waals surface area contributed by atoms with Crippen molar-refractivity contribution in [3.63, 3.8) is 0 Å². The minimum atomic E-state index is -0.0952. The maximum Gasteiger partial charge on any atom is 0.126 e. The van der Waals surface area contributed by atoms with Crippen molar-refractivity contribution in [3.05, 3.63) is 34.1 Å². The molecule has 1 unspecified atom stereocenters. The monoisotopic (exact) mass is 301 g/mol. The summed E-state index contributed by atoms with van der Waals surface area (Å²) in [6.07, 6.45) is 3.02. The molecule has 0 fully saturated rings. The normalized spacial score (nSPS) is 12.7. The van der Waals surface area contributed by atoms with E-state index in [0.717, 1.165) is 42.4 Å². The molecule has 17 heavy (non-hydrogen) atoms. The molecule has 1 N–H and O–H groups in total. The molecule has 0 radical (unpaired) electrons. The first-order valence-electron chi connectivity index (χ1n) is 6.32. The molecule has 3 heteroatoms. The van der Waals surface area contributed by atoms with Crippen LogP contribution in [-0.2, 0) is 6.42 Å². The molecule has 0 aliphatic heterocycles. The van der Waals surface area contributed by atoms with Gasteiger partial charge in [0.1, 0.15) is 5.82 Å². The molecule has 0 spiro atoms. The van der Waals surface area contributed by atoms with E-state index in [4.69, 9.17) is 0 Å². The third-order valence-corrected chi connectivity index (χ3v) is 3.45. The second-order valence-electron chi connectivity index (χ2n) is 4.42. The standard InChI is InChI=1S/C14H21BrFN/c1-3-7-17-10-11(4-2)8-12-9-13(15)5-6-14(12)16/h5-6,9,11,17H,3-4,7-8,10H2,1-2H3. The summed E-state index contributed by atoms with van der Waals surface area (Å²) in [5, 5.41) is 3.41. The molecule has 1 aromatic rings. The van der Waals surface area contributed by atoms with Gasteiger partial charge in [-0.2, -0.15) is 0 Å². The maximum atomic E-state index is 13.6. The van der Waals surface area contributed by atoms with E-state index in [0.29, 0.717) is 5.92 Å². The fourth-order valence-corrected chi connectivity index (χ4v) is 2.26. The number of halogens is 2. The third kappa shape index (κ3) is 5.17. The van der Waals surface area contributed by atoms with E-state index in [1.54, 1.807) is 6.07 Å². The van der Waals surface area contributed by atoms with E-state index in [9.17, 15) is 4.39 Å². The molecule has 0 saturated carbocycles. The number of hydrogen-bond acceptors (Lipinski definition) is 1. The van der Waals surface area contributed by atoms with Gasteiger partial charge in [0.05, 0.1) is 0 Å². The highest BCUT2D eigenvalue weighted by molar-refractivity contribution is 9.10. The van der Waals surface area contributed by atoms with Crippen molar-refractivity contribution in [2.75, 3.05) is 13.1 Å². The number of rotatable bonds is 7. The van der Waals surface area contributed by atoms with Crippen molar-refractivity contribution >= 4 is 15.9 Å². The average molecular weight is 302 g/mol. The van der Waals surface area contributed by atoms with E-state index in [2.05, 4.69) is 35.1 Å².